The molecule has 27 heavy (non-hydrogen) atoms. The Morgan fingerprint density at radius 1 is 1.22 bits per heavy atom. The Balaban J connectivity index is 1.78. The number of rotatable bonds is 3. The summed E-state index contributed by atoms with van der Waals surface area (Å²) in [6.07, 6.45) is 1.47. The summed E-state index contributed by atoms with van der Waals surface area (Å²) in [6.45, 7) is 0. The first-order chi connectivity index (χ1) is 13.1. The summed E-state index contributed by atoms with van der Waals surface area (Å²) in [5, 5.41) is 9.12. The minimum Gasteiger partial charge on any atom is -0.497 e. The second-order valence-electron chi connectivity index (χ2n) is 6.16. The molecule has 8 heteroatoms. The number of nitriles is 1. The first kappa shape index (κ1) is 17.2. The maximum Gasteiger partial charge on any atom is 0.248 e. The summed E-state index contributed by atoms with van der Waals surface area (Å²) in [7, 11) is 1.54. The number of thioether (sulfide) groups is 1. The number of ether oxygens (including phenoxy) is 1. The maximum atomic E-state index is 13.2. The van der Waals surface area contributed by atoms with Crippen LogP contribution in [-0.4, -0.2) is 24.2 Å². The quantitative estimate of drug-likeness (QED) is 0.813. The highest BCUT2D eigenvalue weighted by molar-refractivity contribution is 8.04. The van der Waals surface area contributed by atoms with E-state index in [1.54, 1.807) is 36.4 Å². The molecule has 0 bridgehead atoms. The Labute approximate surface area is 159 Å². The molecule has 0 aliphatic carbocycles. The van der Waals surface area contributed by atoms with Crippen molar-refractivity contribution in [2.45, 2.75) is 11.2 Å². The smallest absolute Gasteiger partial charge is 0.248 e. The molecule has 0 saturated carbocycles. The molecule has 3 atom stereocenters. The van der Waals surface area contributed by atoms with Gasteiger partial charge in [-0.3, -0.25) is 9.59 Å². The first-order valence-electron chi connectivity index (χ1n) is 8.18. The number of imide groups is 1. The predicted octanol–water partition coefficient (Wildman–Crippen LogP) is 2.37. The van der Waals surface area contributed by atoms with Gasteiger partial charge in [-0.15, -0.1) is 0 Å². The van der Waals surface area contributed by atoms with Gasteiger partial charge in [-0.2, -0.15) is 5.26 Å². The zero-order valence-corrected chi connectivity index (χ0v) is 15.1. The minimum atomic E-state index is -0.752. The van der Waals surface area contributed by atoms with Crippen LogP contribution in [0.4, 0.5) is 5.69 Å². The Bertz CT molecular complexity index is 975. The average Bonchev–Trinajstić information content (AvgIpc) is 3.29. The molecule has 2 aliphatic rings. The van der Waals surface area contributed by atoms with Crippen LogP contribution in [0.5, 0.6) is 5.75 Å². The molecule has 2 aliphatic heterocycles. The van der Waals surface area contributed by atoms with Crippen LogP contribution in [0.25, 0.3) is 0 Å². The number of methoxy groups -OCH3 is 1. The highest BCUT2D eigenvalue weighted by Gasteiger charge is 2.56. The van der Waals surface area contributed by atoms with Crippen molar-refractivity contribution in [3.05, 3.63) is 59.0 Å². The fourth-order valence-electron chi connectivity index (χ4n) is 3.54. The molecule has 0 unspecified atom stereocenters. The number of carbonyl (C=O) groups is 2. The molecule has 4 rings (SSSR count). The van der Waals surface area contributed by atoms with Crippen LogP contribution >= 0.6 is 11.8 Å². The van der Waals surface area contributed by atoms with Crippen molar-refractivity contribution in [3.63, 3.8) is 0 Å². The molecular weight excluding hydrogens is 366 g/mol. The van der Waals surface area contributed by atoms with E-state index in [4.69, 9.17) is 14.9 Å². The van der Waals surface area contributed by atoms with Gasteiger partial charge in [0.05, 0.1) is 47.6 Å². The van der Waals surface area contributed by atoms with Crippen molar-refractivity contribution in [1.82, 2.24) is 0 Å². The van der Waals surface area contributed by atoms with Gasteiger partial charge in [0.15, 0.2) is 0 Å². The molecule has 0 radical (unpaired) electrons. The average molecular weight is 381 g/mol. The van der Waals surface area contributed by atoms with Gasteiger partial charge in [0.1, 0.15) is 16.8 Å². The van der Waals surface area contributed by atoms with E-state index in [-0.39, 0.29) is 22.4 Å². The van der Waals surface area contributed by atoms with Crippen LogP contribution < -0.4 is 15.4 Å². The van der Waals surface area contributed by atoms with Gasteiger partial charge >= 0.3 is 0 Å². The van der Waals surface area contributed by atoms with Crippen LogP contribution in [0.2, 0.25) is 0 Å². The summed E-state index contributed by atoms with van der Waals surface area (Å²) < 4.78 is 10.6. The first-order valence-corrected chi connectivity index (χ1v) is 9.06. The number of fused-ring (bicyclic) bond motifs is 1. The van der Waals surface area contributed by atoms with Crippen LogP contribution in [0.1, 0.15) is 11.7 Å². The lowest BCUT2D eigenvalue weighted by Gasteiger charge is -2.28. The Hall–Kier alpha value is -3.18. The SMILES string of the molecule is COc1ccc(N2C(=O)[C@@H]3[C@@H](SC(N)=C(C#N)[C@H]3c3ccco3)C2=O)cc1. The Morgan fingerprint density at radius 2 is 1.96 bits per heavy atom. The molecule has 2 aromatic rings. The second kappa shape index (κ2) is 6.52. The minimum absolute atomic E-state index is 0.248. The monoisotopic (exact) mass is 381 g/mol. The van der Waals surface area contributed by atoms with Gasteiger partial charge in [0.25, 0.3) is 0 Å². The highest BCUT2D eigenvalue weighted by Crippen LogP contribution is 2.50. The molecule has 2 N–H and O–H groups in total. The van der Waals surface area contributed by atoms with E-state index >= 15 is 0 Å². The number of nitrogens with two attached hydrogens (primary N) is 1. The lowest BCUT2D eigenvalue weighted by Crippen LogP contribution is -2.33. The number of allylic oxidation sites excluding steroid dienone is 1. The number of carbonyl (C=O) groups excluding carboxylic acids is 2. The van der Waals surface area contributed by atoms with Crippen LogP contribution in [0.15, 0.2) is 57.7 Å². The van der Waals surface area contributed by atoms with Crippen molar-refractivity contribution < 1.29 is 18.7 Å². The number of amides is 2. The van der Waals surface area contributed by atoms with Crippen molar-refractivity contribution in [1.29, 1.82) is 5.26 Å². The standard InChI is InChI=1S/C19H15N3O4S/c1-25-11-6-4-10(5-7-11)22-18(23)15-14(13-3-2-8-26-13)12(9-20)17(21)27-16(15)19(22)24/h2-8,14-16H,21H2,1H3/t14-,15-,16+/m0/s1. The molecule has 7 nitrogen and oxygen atoms in total. The van der Waals surface area contributed by atoms with E-state index in [2.05, 4.69) is 6.07 Å². The molecule has 1 fully saturated rings. The molecule has 2 amide bonds. The van der Waals surface area contributed by atoms with Crippen molar-refractivity contribution in [2.24, 2.45) is 11.7 Å². The lowest BCUT2D eigenvalue weighted by atomic mass is 9.82. The molecule has 136 valence electrons. The van der Waals surface area contributed by atoms with E-state index in [9.17, 15) is 14.9 Å². The normalized spacial score (nSPS) is 24.7. The number of furan rings is 1. The van der Waals surface area contributed by atoms with E-state index in [0.717, 1.165) is 16.7 Å². The van der Waals surface area contributed by atoms with Gasteiger partial charge in [0, 0.05) is 0 Å². The van der Waals surface area contributed by atoms with Gasteiger partial charge in [-0.25, -0.2) is 4.90 Å². The summed E-state index contributed by atoms with van der Waals surface area (Å²) in [5.74, 6) is -1.09. The van der Waals surface area contributed by atoms with Crippen molar-refractivity contribution in [3.8, 4) is 11.8 Å². The highest BCUT2D eigenvalue weighted by atomic mass is 32.2. The van der Waals surface area contributed by atoms with E-state index in [1.807, 2.05) is 0 Å². The zero-order valence-electron chi connectivity index (χ0n) is 14.3. The van der Waals surface area contributed by atoms with E-state index < -0.39 is 17.1 Å². The van der Waals surface area contributed by atoms with Gasteiger partial charge in [0.2, 0.25) is 11.8 Å². The Kier molecular flexibility index (Phi) is 4.16. The number of nitrogens with zero attached hydrogens (tertiary/aromatic N) is 2. The van der Waals surface area contributed by atoms with Crippen molar-refractivity contribution >= 4 is 29.3 Å². The summed E-state index contributed by atoms with van der Waals surface area (Å²) in [6, 6.07) is 12.1. The van der Waals surface area contributed by atoms with E-state index in [0.29, 0.717) is 17.2 Å². The third-order valence-corrected chi connectivity index (χ3v) is 6.01. The number of hydrogen-bond donors (Lipinski definition) is 1. The third-order valence-electron chi connectivity index (χ3n) is 4.79. The number of hydrogen-bond acceptors (Lipinski definition) is 7. The molecule has 1 aromatic carbocycles. The van der Waals surface area contributed by atoms with E-state index in [1.165, 1.54) is 13.4 Å². The predicted molar refractivity (Wildman–Crippen MR) is 98.6 cm³/mol. The number of anilines is 1. The molecule has 3 heterocycles. The fraction of sp³-hybridized carbons (Fsp3) is 0.211. The maximum absolute atomic E-state index is 13.2. The Morgan fingerprint density at radius 3 is 2.56 bits per heavy atom. The second-order valence-corrected chi connectivity index (χ2v) is 7.34. The van der Waals surface area contributed by atoms with Crippen molar-refractivity contribution in [2.75, 3.05) is 12.0 Å². The third kappa shape index (κ3) is 2.59. The molecule has 1 saturated heterocycles. The van der Waals surface area contributed by atoms with Crippen LogP contribution in [-0.2, 0) is 9.59 Å². The number of benzene rings is 1. The molecular formula is C19H15N3O4S. The van der Waals surface area contributed by atoms with Gasteiger partial charge < -0.3 is 14.9 Å². The van der Waals surface area contributed by atoms with Crippen LogP contribution in [0, 0.1) is 17.2 Å². The molecule has 1 aromatic heterocycles. The summed E-state index contributed by atoms with van der Waals surface area (Å²) in [4.78, 5) is 27.4. The van der Waals surface area contributed by atoms with Crippen LogP contribution in [0.3, 0.4) is 0 Å². The molecule has 0 spiro atoms. The summed E-state index contributed by atoms with van der Waals surface area (Å²) >= 11 is 1.07. The van der Waals surface area contributed by atoms with Gasteiger partial charge in [-0.1, -0.05) is 11.8 Å². The zero-order chi connectivity index (χ0) is 19.1. The largest absolute Gasteiger partial charge is 0.497 e. The fourth-order valence-corrected chi connectivity index (χ4v) is 4.74. The summed E-state index contributed by atoms with van der Waals surface area (Å²) in [5.41, 5.74) is 6.76. The van der Waals surface area contributed by atoms with Gasteiger partial charge in [-0.05, 0) is 36.4 Å². The topological polar surface area (TPSA) is 110 Å². The lowest BCUT2D eigenvalue weighted by molar-refractivity contribution is -0.122.